The number of hydrogen-bond acceptors (Lipinski definition) is 4. The van der Waals surface area contributed by atoms with E-state index >= 15 is 0 Å². The van der Waals surface area contributed by atoms with Gasteiger partial charge in [0.25, 0.3) is 0 Å². The smallest absolute Gasteiger partial charge is 0.203 e. The summed E-state index contributed by atoms with van der Waals surface area (Å²) in [5, 5.41) is 8.39. The predicted octanol–water partition coefficient (Wildman–Crippen LogP) is 1.75. The van der Waals surface area contributed by atoms with Crippen LogP contribution in [-0.2, 0) is 0 Å². The lowest BCUT2D eigenvalue weighted by molar-refractivity contribution is 0.426. The van der Waals surface area contributed by atoms with E-state index in [0.717, 1.165) is 5.82 Å². The minimum Gasteiger partial charge on any atom is -0.381 e. The Morgan fingerprint density at radius 2 is 2.00 bits per heavy atom. The van der Waals surface area contributed by atoms with Crippen LogP contribution in [0.25, 0.3) is 5.65 Å². The molecular formula is C11H15N5. The van der Waals surface area contributed by atoms with Gasteiger partial charge in [-0.3, -0.25) is 4.40 Å². The normalized spacial score (nSPS) is 18.0. The van der Waals surface area contributed by atoms with E-state index in [9.17, 15) is 0 Å². The van der Waals surface area contributed by atoms with Crippen LogP contribution in [0.15, 0.2) is 12.4 Å². The molecule has 0 unspecified atom stereocenters. The Labute approximate surface area is 93.7 Å². The SMILES string of the molecule is Nc1nccn2c(C3CCCCC3)nnc12. The third-order valence-corrected chi connectivity index (χ3v) is 3.35. The molecule has 1 fully saturated rings. The Morgan fingerprint density at radius 3 is 2.81 bits per heavy atom. The van der Waals surface area contributed by atoms with Crippen molar-refractivity contribution in [1.29, 1.82) is 0 Å². The second kappa shape index (κ2) is 3.73. The van der Waals surface area contributed by atoms with Crippen molar-refractivity contribution in [2.24, 2.45) is 0 Å². The van der Waals surface area contributed by atoms with Crippen molar-refractivity contribution in [2.45, 2.75) is 38.0 Å². The monoisotopic (exact) mass is 217 g/mol. The molecule has 1 saturated carbocycles. The lowest BCUT2D eigenvalue weighted by Crippen LogP contribution is -2.09. The van der Waals surface area contributed by atoms with Crippen molar-refractivity contribution in [1.82, 2.24) is 19.6 Å². The number of anilines is 1. The van der Waals surface area contributed by atoms with Gasteiger partial charge in [0.15, 0.2) is 5.82 Å². The number of nitrogens with two attached hydrogens (primary N) is 1. The first-order valence-electron chi connectivity index (χ1n) is 5.81. The van der Waals surface area contributed by atoms with Gasteiger partial charge < -0.3 is 5.73 Å². The van der Waals surface area contributed by atoms with Crippen LogP contribution in [0.4, 0.5) is 5.82 Å². The average molecular weight is 217 g/mol. The highest BCUT2D eigenvalue weighted by molar-refractivity contribution is 5.58. The van der Waals surface area contributed by atoms with E-state index < -0.39 is 0 Å². The molecule has 0 radical (unpaired) electrons. The van der Waals surface area contributed by atoms with Crippen LogP contribution < -0.4 is 5.73 Å². The third kappa shape index (κ3) is 1.43. The number of nitrogens with zero attached hydrogens (tertiary/aromatic N) is 4. The summed E-state index contributed by atoms with van der Waals surface area (Å²) in [6.45, 7) is 0. The standard InChI is InChI=1S/C11H15N5/c12-9-11-15-14-10(16(11)7-6-13-9)8-4-2-1-3-5-8/h6-8H,1-5H2,(H2,12,13). The molecule has 0 bridgehead atoms. The molecule has 0 amide bonds. The number of hydrogen-bond donors (Lipinski definition) is 1. The minimum atomic E-state index is 0.456. The summed E-state index contributed by atoms with van der Waals surface area (Å²) in [5.41, 5.74) is 6.45. The quantitative estimate of drug-likeness (QED) is 0.790. The van der Waals surface area contributed by atoms with E-state index in [1.807, 2.05) is 10.6 Å². The van der Waals surface area contributed by atoms with Crippen LogP contribution in [0, 0.1) is 0 Å². The molecule has 1 aliphatic carbocycles. The largest absolute Gasteiger partial charge is 0.381 e. The predicted molar refractivity (Wildman–Crippen MR) is 61.0 cm³/mol. The molecule has 16 heavy (non-hydrogen) atoms. The van der Waals surface area contributed by atoms with E-state index in [1.54, 1.807) is 6.20 Å². The lowest BCUT2D eigenvalue weighted by Gasteiger charge is -2.19. The first-order valence-corrected chi connectivity index (χ1v) is 5.81. The summed E-state index contributed by atoms with van der Waals surface area (Å²) in [5.74, 6) is 2.03. The Hall–Kier alpha value is -1.65. The Morgan fingerprint density at radius 1 is 1.19 bits per heavy atom. The second-order valence-corrected chi connectivity index (χ2v) is 4.40. The maximum Gasteiger partial charge on any atom is 0.203 e. The Balaban J connectivity index is 2.06. The van der Waals surface area contributed by atoms with Crippen LogP contribution in [0.1, 0.15) is 43.8 Å². The highest BCUT2D eigenvalue weighted by Crippen LogP contribution is 2.31. The molecule has 0 aliphatic heterocycles. The van der Waals surface area contributed by atoms with Gasteiger partial charge in [-0.25, -0.2) is 4.98 Å². The summed E-state index contributed by atoms with van der Waals surface area (Å²) in [4.78, 5) is 4.02. The van der Waals surface area contributed by atoms with Gasteiger partial charge in [-0.1, -0.05) is 19.3 Å². The molecule has 0 saturated heterocycles. The molecule has 1 aliphatic rings. The zero-order valence-corrected chi connectivity index (χ0v) is 9.13. The van der Waals surface area contributed by atoms with E-state index in [1.165, 1.54) is 32.1 Å². The summed E-state index contributed by atoms with van der Waals surface area (Å²) in [6, 6.07) is 0. The Bertz CT molecular complexity index is 498. The fourth-order valence-electron chi connectivity index (χ4n) is 2.50. The summed E-state index contributed by atoms with van der Waals surface area (Å²) < 4.78 is 1.98. The fraction of sp³-hybridized carbons (Fsp3) is 0.545. The lowest BCUT2D eigenvalue weighted by atomic mass is 9.89. The summed E-state index contributed by atoms with van der Waals surface area (Å²) >= 11 is 0. The molecule has 3 rings (SSSR count). The maximum atomic E-state index is 5.76. The first kappa shape index (κ1) is 9.57. The molecule has 84 valence electrons. The van der Waals surface area contributed by atoms with E-state index in [0.29, 0.717) is 17.4 Å². The fourth-order valence-corrected chi connectivity index (χ4v) is 2.50. The zero-order valence-electron chi connectivity index (χ0n) is 9.13. The molecule has 2 N–H and O–H groups in total. The number of nitrogen functional groups attached to an aromatic ring is 1. The van der Waals surface area contributed by atoms with Crippen molar-refractivity contribution in [3.8, 4) is 0 Å². The minimum absolute atomic E-state index is 0.456. The van der Waals surface area contributed by atoms with Crippen molar-refractivity contribution < 1.29 is 0 Å². The van der Waals surface area contributed by atoms with Crippen LogP contribution in [-0.4, -0.2) is 19.6 Å². The molecule has 5 nitrogen and oxygen atoms in total. The van der Waals surface area contributed by atoms with E-state index in [4.69, 9.17) is 5.73 Å². The van der Waals surface area contributed by atoms with Gasteiger partial charge >= 0.3 is 0 Å². The van der Waals surface area contributed by atoms with Crippen molar-refractivity contribution >= 4 is 11.5 Å². The molecular weight excluding hydrogens is 202 g/mol. The maximum absolute atomic E-state index is 5.76. The second-order valence-electron chi connectivity index (χ2n) is 4.40. The van der Waals surface area contributed by atoms with Gasteiger partial charge in [0.2, 0.25) is 5.65 Å². The van der Waals surface area contributed by atoms with Gasteiger partial charge in [0, 0.05) is 18.3 Å². The van der Waals surface area contributed by atoms with Gasteiger partial charge in [0.05, 0.1) is 0 Å². The highest BCUT2D eigenvalue weighted by Gasteiger charge is 2.21. The van der Waals surface area contributed by atoms with Crippen LogP contribution >= 0.6 is 0 Å². The van der Waals surface area contributed by atoms with Crippen molar-refractivity contribution in [3.63, 3.8) is 0 Å². The van der Waals surface area contributed by atoms with Gasteiger partial charge in [-0.05, 0) is 12.8 Å². The number of aromatic nitrogens is 4. The average Bonchev–Trinajstić information content (AvgIpc) is 2.75. The highest BCUT2D eigenvalue weighted by atomic mass is 15.3. The Kier molecular flexibility index (Phi) is 2.23. The van der Waals surface area contributed by atoms with Crippen molar-refractivity contribution in [2.75, 3.05) is 5.73 Å². The van der Waals surface area contributed by atoms with Crippen LogP contribution in [0.2, 0.25) is 0 Å². The third-order valence-electron chi connectivity index (χ3n) is 3.35. The van der Waals surface area contributed by atoms with Gasteiger partial charge in [0.1, 0.15) is 5.82 Å². The summed E-state index contributed by atoms with van der Waals surface area (Å²) in [7, 11) is 0. The van der Waals surface area contributed by atoms with Gasteiger partial charge in [-0.15, -0.1) is 10.2 Å². The molecule has 0 aromatic carbocycles. The van der Waals surface area contributed by atoms with Crippen LogP contribution in [0.3, 0.4) is 0 Å². The molecule has 0 spiro atoms. The number of rotatable bonds is 1. The van der Waals surface area contributed by atoms with Crippen LogP contribution in [0.5, 0.6) is 0 Å². The molecule has 2 aromatic heterocycles. The van der Waals surface area contributed by atoms with Crippen molar-refractivity contribution in [3.05, 3.63) is 18.2 Å². The van der Waals surface area contributed by atoms with Gasteiger partial charge in [-0.2, -0.15) is 0 Å². The molecule has 5 heteroatoms. The number of fused-ring (bicyclic) bond motifs is 1. The molecule has 0 atom stereocenters. The first-order chi connectivity index (χ1) is 7.86. The molecule has 2 aromatic rings. The van der Waals surface area contributed by atoms with E-state index in [-0.39, 0.29) is 0 Å². The van der Waals surface area contributed by atoms with E-state index in [2.05, 4.69) is 15.2 Å². The molecule has 2 heterocycles. The topological polar surface area (TPSA) is 69.1 Å². The summed E-state index contributed by atoms with van der Waals surface area (Å²) in [6.07, 6.45) is 9.96. The zero-order chi connectivity index (χ0) is 11.0.